The van der Waals surface area contributed by atoms with E-state index < -0.39 is 5.91 Å². The van der Waals surface area contributed by atoms with Gasteiger partial charge in [-0.25, -0.2) is 0 Å². The molecule has 2 aromatic heterocycles. The molecule has 0 aliphatic rings. The fourth-order valence-electron chi connectivity index (χ4n) is 2.83. The summed E-state index contributed by atoms with van der Waals surface area (Å²) >= 11 is 21.3. The van der Waals surface area contributed by atoms with Crippen LogP contribution in [0.3, 0.4) is 0 Å². The zero-order valence-corrected chi connectivity index (χ0v) is 20.2. The van der Waals surface area contributed by atoms with E-state index in [0.717, 1.165) is 5.56 Å². The number of benzene rings is 2. The quantitative estimate of drug-likeness (QED) is 0.265. The number of halogens is 4. The number of ether oxygens (including phenoxy) is 1. The van der Waals surface area contributed by atoms with Crippen LogP contribution in [-0.2, 0) is 13.2 Å². The summed E-state index contributed by atoms with van der Waals surface area (Å²) in [6, 6.07) is 15.6. The number of nitrogens with one attached hydrogen (secondary N) is 1. The van der Waals surface area contributed by atoms with Crippen LogP contribution >= 0.6 is 50.7 Å². The van der Waals surface area contributed by atoms with Crippen molar-refractivity contribution < 1.29 is 13.9 Å². The molecule has 1 amide bonds. The van der Waals surface area contributed by atoms with Gasteiger partial charge >= 0.3 is 0 Å². The first-order valence-corrected chi connectivity index (χ1v) is 11.3. The number of amides is 1. The molecule has 0 unspecified atom stereocenters. The molecule has 0 bridgehead atoms. The summed E-state index contributed by atoms with van der Waals surface area (Å²) in [6.45, 7) is 0.634. The number of anilines is 1. The molecule has 32 heavy (non-hydrogen) atoms. The summed E-state index contributed by atoms with van der Waals surface area (Å²) < 4.78 is 13.6. The van der Waals surface area contributed by atoms with Crippen LogP contribution in [0.4, 0.5) is 5.82 Å². The Kier molecular flexibility index (Phi) is 7.10. The lowest BCUT2D eigenvalue weighted by Crippen LogP contribution is -2.12. The standard InChI is InChI=1S/C22H15BrCl3N3O3/c23-17-11-29(10-13-1-3-14(24)4-2-13)28-21(17)27-22(30)20-8-6-16(32-20)12-31-19-7-5-15(25)9-18(19)26/h1-9,11H,10,12H2,(H,27,28,30). The van der Waals surface area contributed by atoms with Crippen molar-refractivity contribution in [2.24, 2.45) is 0 Å². The van der Waals surface area contributed by atoms with E-state index in [1.54, 1.807) is 41.2 Å². The largest absolute Gasteiger partial charge is 0.484 e. The normalized spacial score (nSPS) is 10.9. The number of hydrogen-bond donors (Lipinski definition) is 1. The van der Waals surface area contributed by atoms with Crippen LogP contribution in [0.5, 0.6) is 5.75 Å². The molecule has 2 aromatic carbocycles. The molecule has 10 heteroatoms. The Morgan fingerprint density at radius 2 is 1.81 bits per heavy atom. The van der Waals surface area contributed by atoms with Crippen molar-refractivity contribution in [2.75, 3.05) is 5.32 Å². The highest BCUT2D eigenvalue weighted by atomic mass is 79.9. The summed E-state index contributed by atoms with van der Waals surface area (Å²) in [5, 5.41) is 8.71. The van der Waals surface area contributed by atoms with Crippen molar-refractivity contribution in [3.63, 3.8) is 0 Å². The molecule has 1 N–H and O–H groups in total. The van der Waals surface area contributed by atoms with E-state index in [9.17, 15) is 4.79 Å². The first kappa shape index (κ1) is 22.7. The van der Waals surface area contributed by atoms with Crippen LogP contribution in [0.25, 0.3) is 0 Å². The van der Waals surface area contributed by atoms with E-state index in [1.807, 2.05) is 24.3 Å². The third-order valence-electron chi connectivity index (χ3n) is 4.36. The third kappa shape index (κ3) is 5.66. The summed E-state index contributed by atoms with van der Waals surface area (Å²) in [5.41, 5.74) is 1.03. The minimum absolute atomic E-state index is 0.105. The van der Waals surface area contributed by atoms with Crippen molar-refractivity contribution in [2.45, 2.75) is 13.2 Å². The average molecular weight is 556 g/mol. The monoisotopic (exact) mass is 553 g/mol. The molecule has 0 atom stereocenters. The zero-order chi connectivity index (χ0) is 22.7. The Morgan fingerprint density at radius 3 is 2.56 bits per heavy atom. The van der Waals surface area contributed by atoms with Crippen molar-refractivity contribution in [3.8, 4) is 5.75 Å². The lowest BCUT2D eigenvalue weighted by molar-refractivity contribution is 0.0992. The maximum Gasteiger partial charge on any atom is 0.292 e. The van der Waals surface area contributed by atoms with Gasteiger partial charge in [0.05, 0.1) is 16.0 Å². The Balaban J connectivity index is 1.37. The van der Waals surface area contributed by atoms with Crippen LogP contribution in [0.2, 0.25) is 15.1 Å². The van der Waals surface area contributed by atoms with E-state index >= 15 is 0 Å². The van der Waals surface area contributed by atoms with Crippen LogP contribution < -0.4 is 10.1 Å². The fraction of sp³-hybridized carbons (Fsp3) is 0.0909. The van der Waals surface area contributed by atoms with Crippen LogP contribution in [-0.4, -0.2) is 15.7 Å². The first-order chi connectivity index (χ1) is 15.4. The van der Waals surface area contributed by atoms with Gasteiger partial charge in [-0.2, -0.15) is 5.10 Å². The van der Waals surface area contributed by atoms with Crippen molar-refractivity contribution in [1.82, 2.24) is 9.78 Å². The SMILES string of the molecule is O=C(Nc1nn(Cc2ccc(Cl)cc2)cc1Br)c1ccc(COc2ccc(Cl)cc2Cl)o1. The van der Waals surface area contributed by atoms with Gasteiger partial charge in [0.25, 0.3) is 5.91 Å². The Morgan fingerprint density at radius 1 is 1.06 bits per heavy atom. The number of nitrogens with zero attached hydrogens (tertiary/aromatic N) is 2. The van der Waals surface area contributed by atoms with E-state index in [2.05, 4.69) is 26.3 Å². The van der Waals surface area contributed by atoms with Gasteiger partial charge in [0.15, 0.2) is 11.6 Å². The van der Waals surface area contributed by atoms with E-state index in [1.165, 1.54) is 0 Å². The van der Waals surface area contributed by atoms with Gasteiger partial charge < -0.3 is 14.5 Å². The molecule has 0 spiro atoms. The maximum atomic E-state index is 12.6. The first-order valence-electron chi connectivity index (χ1n) is 9.33. The van der Waals surface area contributed by atoms with Crippen LogP contribution in [0.1, 0.15) is 21.9 Å². The van der Waals surface area contributed by atoms with E-state index in [-0.39, 0.29) is 12.4 Å². The van der Waals surface area contributed by atoms with Gasteiger partial charge in [0.2, 0.25) is 0 Å². The number of rotatable bonds is 7. The predicted molar refractivity (Wildman–Crippen MR) is 128 cm³/mol. The molecule has 0 saturated heterocycles. The predicted octanol–water partition coefficient (Wildman–Crippen LogP) is 7.08. The van der Waals surface area contributed by atoms with Crippen LogP contribution in [0, 0.1) is 0 Å². The number of carbonyl (C=O) groups is 1. The minimum atomic E-state index is -0.432. The second-order valence-electron chi connectivity index (χ2n) is 6.73. The lowest BCUT2D eigenvalue weighted by atomic mass is 10.2. The molecule has 164 valence electrons. The summed E-state index contributed by atoms with van der Waals surface area (Å²) in [5.74, 6) is 1.01. The van der Waals surface area contributed by atoms with E-state index in [0.29, 0.717) is 43.4 Å². The average Bonchev–Trinajstić information content (AvgIpc) is 3.36. The minimum Gasteiger partial charge on any atom is -0.484 e. The molecular weight excluding hydrogens is 541 g/mol. The number of aromatic nitrogens is 2. The highest BCUT2D eigenvalue weighted by Gasteiger charge is 2.16. The maximum absolute atomic E-state index is 12.6. The number of furan rings is 1. The van der Waals surface area contributed by atoms with Gasteiger partial charge in [0, 0.05) is 16.2 Å². The molecule has 0 fully saturated rings. The second kappa shape index (κ2) is 10.0. The Labute approximate surface area is 207 Å². The van der Waals surface area contributed by atoms with E-state index in [4.69, 9.17) is 44.0 Å². The molecule has 0 radical (unpaired) electrons. The molecule has 2 heterocycles. The smallest absolute Gasteiger partial charge is 0.292 e. The lowest BCUT2D eigenvalue weighted by Gasteiger charge is -2.06. The zero-order valence-electron chi connectivity index (χ0n) is 16.3. The summed E-state index contributed by atoms with van der Waals surface area (Å²) in [7, 11) is 0. The van der Waals surface area contributed by atoms with Crippen LogP contribution in [0.15, 0.2) is 69.7 Å². The second-order valence-corrected chi connectivity index (χ2v) is 8.87. The molecular formula is C22H15BrCl3N3O3. The Hall–Kier alpha value is -2.45. The van der Waals surface area contributed by atoms with Crippen molar-refractivity contribution in [3.05, 3.63) is 97.4 Å². The highest BCUT2D eigenvalue weighted by Crippen LogP contribution is 2.28. The Bertz CT molecular complexity index is 1260. The third-order valence-corrected chi connectivity index (χ3v) is 5.72. The molecule has 6 nitrogen and oxygen atoms in total. The van der Waals surface area contributed by atoms with Gasteiger partial charge in [0.1, 0.15) is 18.1 Å². The number of carbonyl (C=O) groups excluding carboxylic acids is 1. The highest BCUT2D eigenvalue weighted by molar-refractivity contribution is 9.10. The topological polar surface area (TPSA) is 69.3 Å². The molecule has 0 saturated carbocycles. The molecule has 4 aromatic rings. The number of hydrogen-bond acceptors (Lipinski definition) is 4. The fourth-order valence-corrected chi connectivity index (χ4v) is 3.83. The molecule has 0 aliphatic heterocycles. The van der Waals surface area contributed by atoms with Gasteiger partial charge in [-0.15, -0.1) is 0 Å². The summed E-state index contributed by atoms with van der Waals surface area (Å²) in [6.07, 6.45) is 1.78. The van der Waals surface area contributed by atoms with Crippen molar-refractivity contribution >= 4 is 62.5 Å². The summed E-state index contributed by atoms with van der Waals surface area (Å²) in [4.78, 5) is 12.6. The van der Waals surface area contributed by atoms with Gasteiger partial charge in [-0.1, -0.05) is 46.9 Å². The van der Waals surface area contributed by atoms with Gasteiger partial charge in [-0.3, -0.25) is 9.48 Å². The molecule has 0 aliphatic carbocycles. The van der Waals surface area contributed by atoms with Crippen molar-refractivity contribution in [1.29, 1.82) is 0 Å². The molecule has 4 rings (SSSR count). The van der Waals surface area contributed by atoms with Gasteiger partial charge in [-0.05, 0) is 64.0 Å².